The molecule has 5 heteroatoms. The third kappa shape index (κ3) is 2.52. The first-order valence-corrected chi connectivity index (χ1v) is 8.51. The maximum Gasteiger partial charge on any atom is 0.123 e. The van der Waals surface area contributed by atoms with Gasteiger partial charge in [0.2, 0.25) is 0 Å². The Hall–Kier alpha value is -0.140. The summed E-state index contributed by atoms with van der Waals surface area (Å²) in [6.07, 6.45) is 1.89. The molecule has 0 spiro atoms. The molecule has 1 aromatic heterocycles. The lowest BCUT2D eigenvalue weighted by Crippen LogP contribution is -2.39. The smallest absolute Gasteiger partial charge is 0.123 e. The highest BCUT2D eigenvalue weighted by atomic mass is 127. The predicted molar refractivity (Wildman–Crippen MR) is 87.8 cm³/mol. The van der Waals surface area contributed by atoms with Crippen molar-refractivity contribution in [3.63, 3.8) is 0 Å². The first kappa shape index (κ1) is 14.8. The topological polar surface area (TPSA) is 41.3 Å². The van der Waals surface area contributed by atoms with Crippen LogP contribution in [0.15, 0.2) is 6.07 Å². The highest BCUT2D eigenvalue weighted by molar-refractivity contribution is 14.1. The molecule has 4 nitrogen and oxygen atoms in total. The number of hydrogen-bond acceptors (Lipinski definition) is 3. The van der Waals surface area contributed by atoms with E-state index in [1.54, 1.807) is 0 Å². The Balaban J connectivity index is 1.73. The van der Waals surface area contributed by atoms with Crippen molar-refractivity contribution in [2.45, 2.75) is 44.2 Å². The fraction of sp³-hybridized carbons (Fsp3) is 0.800. The maximum atomic E-state index is 10.6. The molecule has 1 heterocycles. The Labute approximate surface area is 134 Å². The van der Waals surface area contributed by atoms with E-state index in [4.69, 9.17) is 0 Å². The molecule has 1 aromatic rings. The third-order valence-electron chi connectivity index (χ3n) is 4.74. The zero-order chi connectivity index (χ0) is 14.7. The van der Waals surface area contributed by atoms with Crippen LogP contribution in [0.25, 0.3) is 0 Å². The second kappa shape index (κ2) is 4.95. The van der Waals surface area contributed by atoms with Gasteiger partial charge in [0.1, 0.15) is 3.70 Å². The number of nitrogens with zero attached hydrogens (tertiary/aromatic N) is 3. The van der Waals surface area contributed by atoms with Crippen LogP contribution in [0.3, 0.4) is 0 Å². The molecule has 112 valence electrons. The van der Waals surface area contributed by atoms with Gasteiger partial charge < -0.3 is 10.0 Å². The van der Waals surface area contributed by atoms with Crippen LogP contribution in [0, 0.1) is 15.5 Å². The fourth-order valence-corrected chi connectivity index (χ4v) is 4.71. The molecule has 2 aliphatic rings. The van der Waals surface area contributed by atoms with Crippen LogP contribution in [0.4, 0.5) is 0 Å². The van der Waals surface area contributed by atoms with Crippen LogP contribution in [-0.4, -0.2) is 46.0 Å². The molecular formula is C15H24IN3O. The Morgan fingerprint density at radius 3 is 2.55 bits per heavy atom. The minimum absolute atomic E-state index is 0.413. The Morgan fingerprint density at radius 1 is 1.45 bits per heavy atom. The zero-order valence-electron chi connectivity index (χ0n) is 12.7. The number of aliphatic hydroxyl groups is 1. The summed E-state index contributed by atoms with van der Waals surface area (Å²) in [4.78, 5) is 2.10. The van der Waals surface area contributed by atoms with Crippen molar-refractivity contribution in [2.75, 3.05) is 20.6 Å². The van der Waals surface area contributed by atoms with E-state index in [1.165, 1.54) is 5.69 Å². The first-order chi connectivity index (χ1) is 9.31. The van der Waals surface area contributed by atoms with Gasteiger partial charge in [0.15, 0.2) is 0 Å². The van der Waals surface area contributed by atoms with E-state index < -0.39 is 5.60 Å². The second-order valence-corrected chi connectivity index (χ2v) is 8.26. The van der Waals surface area contributed by atoms with E-state index in [0.29, 0.717) is 23.8 Å². The minimum Gasteiger partial charge on any atom is -0.389 e. The molecule has 2 atom stereocenters. The summed E-state index contributed by atoms with van der Waals surface area (Å²) >= 11 is 2.30. The number of hydrogen-bond donors (Lipinski definition) is 1. The number of rotatable bonds is 4. The highest BCUT2D eigenvalue weighted by Crippen LogP contribution is 2.66. The minimum atomic E-state index is -0.467. The van der Waals surface area contributed by atoms with Crippen molar-refractivity contribution in [2.24, 2.45) is 11.8 Å². The summed E-state index contributed by atoms with van der Waals surface area (Å²) in [5, 5.41) is 15.3. The van der Waals surface area contributed by atoms with Gasteiger partial charge in [0, 0.05) is 24.2 Å². The molecule has 1 N–H and O–H groups in total. The molecule has 2 aliphatic carbocycles. The first-order valence-electron chi connectivity index (χ1n) is 7.43. The summed E-state index contributed by atoms with van der Waals surface area (Å²) in [5.74, 6) is 1.94. The van der Waals surface area contributed by atoms with Gasteiger partial charge in [0.25, 0.3) is 0 Å². The average Bonchev–Trinajstić information content (AvgIpc) is 2.68. The highest BCUT2D eigenvalue weighted by Gasteiger charge is 2.62. The van der Waals surface area contributed by atoms with E-state index in [0.717, 1.165) is 23.1 Å². The van der Waals surface area contributed by atoms with Gasteiger partial charge in [-0.25, -0.2) is 0 Å². The molecule has 0 bridgehead atoms. The van der Waals surface area contributed by atoms with Crippen molar-refractivity contribution >= 4 is 22.6 Å². The molecule has 0 aliphatic heterocycles. The fourth-order valence-electron chi connectivity index (χ4n) is 4.16. The maximum absolute atomic E-state index is 10.6. The molecule has 0 aromatic carbocycles. The molecule has 0 amide bonds. The Bertz CT molecular complexity index is 499. The van der Waals surface area contributed by atoms with Crippen molar-refractivity contribution in [3.05, 3.63) is 15.5 Å². The van der Waals surface area contributed by atoms with E-state index in [-0.39, 0.29) is 0 Å². The van der Waals surface area contributed by atoms with Gasteiger partial charge in [-0.15, -0.1) is 0 Å². The van der Waals surface area contributed by atoms with Crippen molar-refractivity contribution < 1.29 is 5.11 Å². The number of halogens is 1. The summed E-state index contributed by atoms with van der Waals surface area (Å²) in [6, 6.07) is 2.64. The quantitative estimate of drug-likeness (QED) is 0.805. The molecule has 3 rings (SSSR count). The van der Waals surface area contributed by atoms with Crippen molar-refractivity contribution in [3.8, 4) is 0 Å². The normalized spacial score (nSPS) is 35.9. The molecule has 2 fully saturated rings. The van der Waals surface area contributed by atoms with Gasteiger partial charge in [-0.2, -0.15) is 5.10 Å². The summed E-state index contributed by atoms with van der Waals surface area (Å²) in [6.45, 7) is 5.16. The second-order valence-electron chi connectivity index (χ2n) is 7.15. The van der Waals surface area contributed by atoms with Gasteiger partial charge in [-0.1, -0.05) is 0 Å². The van der Waals surface area contributed by atoms with Crippen LogP contribution in [0.2, 0.25) is 0 Å². The summed E-state index contributed by atoms with van der Waals surface area (Å²) < 4.78 is 3.26. The lowest BCUT2D eigenvalue weighted by molar-refractivity contribution is 0.00937. The zero-order valence-corrected chi connectivity index (χ0v) is 14.8. The van der Waals surface area contributed by atoms with Crippen LogP contribution >= 0.6 is 22.6 Å². The third-order valence-corrected chi connectivity index (χ3v) is 5.27. The Morgan fingerprint density at radius 2 is 2.05 bits per heavy atom. The van der Waals surface area contributed by atoms with Gasteiger partial charge in [0.05, 0.1) is 5.60 Å². The van der Waals surface area contributed by atoms with E-state index in [9.17, 15) is 5.11 Å². The molecule has 2 unspecified atom stereocenters. The van der Waals surface area contributed by atoms with Crippen molar-refractivity contribution in [1.29, 1.82) is 0 Å². The summed E-state index contributed by atoms with van der Waals surface area (Å²) in [7, 11) is 4.07. The van der Waals surface area contributed by atoms with Crippen LogP contribution in [0.1, 0.15) is 44.3 Å². The predicted octanol–water partition coefficient (Wildman–Crippen LogP) is 2.48. The molecule has 0 radical (unpaired) electrons. The molecule has 2 saturated carbocycles. The van der Waals surface area contributed by atoms with E-state index in [2.05, 4.69) is 57.2 Å². The monoisotopic (exact) mass is 389 g/mol. The molecule has 20 heavy (non-hydrogen) atoms. The number of aromatic nitrogens is 2. The van der Waals surface area contributed by atoms with E-state index >= 15 is 0 Å². The summed E-state index contributed by atoms with van der Waals surface area (Å²) in [5.41, 5.74) is 0.914. The van der Waals surface area contributed by atoms with E-state index in [1.807, 2.05) is 14.1 Å². The van der Waals surface area contributed by atoms with Crippen LogP contribution in [-0.2, 0) is 0 Å². The van der Waals surface area contributed by atoms with Crippen molar-refractivity contribution in [1.82, 2.24) is 14.7 Å². The number of likely N-dealkylation sites (N-methyl/N-ethyl adjacent to an activating group) is 1. The van der Waals surface area contributed by atoms with Gasteiger partial charge in [-0.3, -0.25) is 4.68 Å². The van der Waals surface area contributed by atoms with Gasteiger partial charge >= 0.3 is 0 Å². The lowest BCUT2D eigenvalue weighted by atomic mass is 9.93. The lowest BCUT2D eigenvalue weighted by Gasteiger charge is -2.29. The average molecular weight is 389 g/mol. The number of fused-ring (bicyclic) bond motifs is 1. The largest absolute Gasteiger partial charge is 0.389 e. The SMILES string of the molecule is CC(C)n1nc(I)cc1C1C2CC(O)(CN(C)C)CC21. The molecular weight excluding hydrogens is 365 g/mol. The molecule has 0 saturated heterocycles. The van der Waals surface area contributed by atoms with Crippen LogP contribution < -0.4 is 0 Å². The van der Waals surface area contributed by atoms with Gasteiger partial charge in [-0.05, 0) is 81.3 Å². The Kier molecular flexibility index (Phi) is 3.66. The van der Waals surface area contributed by atoms with Crippen LogP contribution in [0.5, 0.6) is 0 Å². The standard InChI is InChI=1S/C15H24IN3O/c1-9(2)19-12(5-13(16)17-19)14-10-6-15(20,7-11(10)14)8-18(3)4/h5,9-11,14,20H,6-8H2,1-4H3.